The molecule has 2 heterocycles. The molecule has 0 aliphatic carbocycles. The second-order valence-corrected chi connectivity index (χ2v) is 7.54. The number of carbonyl (C=O) groups is 1. The lowest BCUT2D eigenvalue weighted by atomic mass is 9.94. The van der Waals surface area contributed by atoms with Crippen molar-refractivity contribution in [2.45, 2.75) is 25.4 Å². The van der Waals surface area contributed by atoms with Crippen LogP contribution in [-0.2, 0) is 4.79 Å². The Balaban J connectivity index is 1.67. The number of rotatable bonds is 5. The maximum absolute atomic E-state index is 11.9. The summed E-state index contributed by atoms with van der Waals surface area (Å²) in [6.07, 6.45) is 5.50. The van der Waals surface area contributed by atoms with Crippen LogP contribution < -0.4 is 16.5 Å². The van der Waals surface area contributed by atoms with Crippen LogP contribution in [-0.4, -0.2) is 32.1 Å². The van der Waals surface area contributed by atoms with Gasteiger partial charge in [0.15, 0.2) is 0 Å². The Hall–Kier alpha value is -4.04. The van der Waals surface area contributed by atoms with Gasteiger partial charge >= 0.3 is 0 Å². The molecule has 0 saturated heterocycles. The van der Waals surface area contributed by atoms with Crippen molar-refractivity contribution in [1.29, 1.82) is 0 Å². The number of nitrogens with one attached hydrogen (secondary N) is 2. The van der Waals surface area contributed by atoms with Crippen molar-refractivity contribution in [3.05, 3.63) is 78.3 Å². The standard InChI is InChI=1S/C24H23N5O2/c1-17(27-22(23(30)28-31)24(2,3)25)20-11-8-18(9-12-20)6-4-5-7-19-10-13-21-26-14-15-29(21)16-19/h8-16,22,27,31H,1,25H2,2-3H3,(H,28,30). The molecule has 1 aromatic carbocycles. The molecule has 1 amide bonds. The minimum absolute atomic E-state index is 0.501. The van der Waals surface area contributed by atoms with Gasteiger partial charge in [-0.2, -0.15) is 0 Å². The van der Waals surface area contributed by atoms with Gasteiger partial charge in [-0.1, -0.05) is 30.6 Å². The number of pyridine rings is 1. The van der Waals surface area contributed by atoms with E-state index in [1.54, 1.807) is 25.5 Å². The van der Waals surface area contributed by atoms with E-state index in [-0.39, 0.29) is 0 Å². The van der Waals surface area contributed by atoms with Gasteiger partial charge in [0.1, 0.15) is 11.7 Å². The molecule has 2 aromatic heterocycles. The summed E-state index contributed by atoms with van der Waals surface area (Å²) in [4.78, 5) is 16.1. The molecule has 0 saturated carbocycles. The number of nitrogens with zero attached hydrogens (tertiary/aromatic N) is 2. The molecule has 3 rings (SSSR count). The first-order valence-corrected chi connectivity index (χ1v) is 9.51. The van der Waals surface area contributed by atoms with Gasteiger partial charge in [0.25, 0.3) is 5.91 Å². The summed E-state index contributed by atoms with van der Waals surface area (Å²) in [5.41, 5.74) is 10.5. The molecule has 0 aliphatic heterocycles. The van der Waals surface area contributed by atoms with Gasteiger partial charge in [-0.05, 0) is 55.5 Å². The lowest BCUT2D eigenvalue weighted by Crippen LogP contribution is -2.59. The number of carbonyl (C=O) groups excluding carboxylic acids is 1. The van der Waals surface area contributed by atoms with Crippen molar-refractivity contribution in [2.75, 3.05) is 0 Å². The second kappa shape index (κ2) is 9.19. The highest BCUT2D eigenvalue weighted by atomic mass is 16.5. The minimum Gasteiger partial charge on any atom is -0.372 e. The van der Waals surface area contributed by atoms with Gasteiger partial charge in [0.2, 0.25) is 0 Å². The maximum Gasteiger partial charge on any atom is 0.267 e. The molecule has 7 heteroatoms. The van der Waals surface area contributed by atoms with Gasteiger partial charge in [0, 0.05) is 41.0 Å². The molecule has 1 unspecified atom stereocenters. The molecule has 7 nitrogen and oxygen atoms in total. The quantitative estimate of drug-likeness (QED) is 0.291. The van der Waals surface area contributed by atoms with E-state index < -0.39 is 17.5 Å². The summed E-state index contributed by atoms with van der Waals surface area (Å²) in [7, 11) is 0. The first-order chi connectivity index (χ1) is 14.8. The van der Waals surface area contributed by atoms with Crippen LogP contribution in [0.4, 0.5) is 0 Å². The Morgan fingerprint density at radius 3 is 2.45 bits per heavy atom. The smallest absolute Gasteiger partial charge is 0.267 e. The van der Waals surface area contributed by atoms with Crippen LogP contribution in [0.15, 0.2) is 61.6 Å². The summed E-state index contributed by atoms with van der Waals surface area (Å²) in [6.45, 7) is 7.32. The van der Waals surface area contributed by atoms with Gasteiger partial charge in [-0.25, -0.2) is 10.5 Å². The maximum atomic E-state index is 11.9. The predicted octanol–water partition coefficient (Wildman–Crippen LogP) is 1.91. The van der Waals surface area contributed by atoms with Crippen LogP contribution in [0.1, 0.15) is 30.5 Å². The molecular weight excluding hydrogens is 390 g/mol. The van der Waals surface area contributed by atoms with E-state index in [1.165, 1.54) is 0 Å². The summed E-state index contributed by atoms with van der Waals surface area (Å²) in [6, 6.07) is 10.3. The van der Waals surface area contributed by atoms with Crippen LogP contribution in [0.3, 0.4) is 0 Å². The number of hydroxylamine groups is 1. The zero-order valence-corrected chi connectivity index (χ0v) is 17.3. The lowest BCUT2D eigenvalue weighted by Gasteiger charge is -2.30. The van der Waals surface area contributed by atoms with Crippen LogP contribution in [0.5, 0.6) is 0 Å². The van der Waals surface area contributed by atoms with Gasteiger partial charge in [-0.3, -0.25) is 10.0 Å². The SMILES string of the molecule is C=C(NC(C(=O)NO)C(C)(C)N)c1ccc(C#CC#Cc2ccc3nccn3c2)cc1. The second-order valence-electron chi connectivity index (χ2n) is 7.54. The van der Waals surface area contributed by atoms with E-state index in [2.05, 4.69) is 40.6 Å². The average Bonchev–Trinajstić information content (AvgIpc) is 3.22. The molecule has 0 radical (unpaired) electrons. The average molecular weight is 413 g/mol. The van der Waals surface area contributed by atoms with Crippen molar-refractivity contribution in [1.82, 2.24) is 20.2 Å². The van der Waals surface area contributed by atoms with Crippen LogP contribution >= 0.6 is 0 Å². The number of nitrogens with two attached hydrogens (primary N) is 1. The monoisotopic (exact) mass is 413 g/mol. The van der Waals surface area contributed by atoms with Crippen molar-refractivity contribution >= 4 is 17.3 Å². The first kappa shape index (κ1) is 21.7. The highest BCUT2D eigenvalue weighted by Crippen LogP contribution is 2.15. The summed E-state index contributed by atoms with van der Waals surface area (Å²) >= 11 is 0. The Morgan fingerprint density at radius 1 is 1.16 bits per heavy atom. The fraction of sp³-hybridized carbons (Fsp3) is 0.167. The fourth-order valence-electron chi connectivity index (χ4n) is 2.87. The zero-order valence-electron chi connectivity index (χ0n) is 17.3. The summed E-state index contributed by atoms with van der Waals surface area (Å²) in [5, 5.41) is 11.9. The third kappa shape index (κ3) is 5.52. The third-order valence-corrected chi connectivity index (χ3v) is 4.53. The molecule has 3 aromatic rings. The number of hydrogen-bond acceptors (Lipinski definition) is 5. The lowest BCUT2D eigenvalue weighted by molar-refractivity contribution is -0.132. The number of aromatic nitrogens is 2. The fourth-order valence-corrected chi connectivity index (χ4v) is 2.87. The largest absolute Gasteiger partial charge is 0.372 e. The molecular formula is C24H23N5O2. The Morgan fingerprint density at radius 2 is 1.81 bits per heavy atom. The highest BCUT2D eigenvalue weighted by Gasteiger charge is 2.32. The molecule has 1 atom stereocenters. The Bertz CT molecular complexity index is 1230. The van der Waals surface area contributed by atoms with Crippen molar-refractivity contribution < 1.29 is 10.0 Å². The normalized spacial score (nSPS) is 11.5. The van der Waals surface area contributed by atoms with E-state index in [0.717, 1.165) is 22.3 Å². The number of benzene rings is 1. The molecule has 5 N–H and O–H groups in total. The predicted molar refractivity (Wildman–Crippen MR) is 120 cm³/mol. The van der Waals surface area contributed by atoms with E-state index in [9.17, 15) is 4.79 Å². The molecule has 0 spiro atoms. The van der Waals surface area contributed by atoms with Gasteiger partial charge in [0.05, 0.1) is 0 Å². The number of amides is 1. The van der Waals surface area contributed by atoms with Crippen LogP contribution in [0.25, 0.3) is 11.3 Å². The van der Waals surface area contributed by atoms with E-state index >= 15 is 0 Å². The van der Waals surface area contributed by atoms with E-state index in [1.807, 2.05) is 53.2 Å². The van der Waals surface area contributed by atoms with Gasteiger partial charge in [-0.15, -0.1) is 0 Å². The summed E-state index contributed by atoms with van der Waals surface area (Å²) in [5.74, 6) is 11.1. The van der Waals surface area contributed by atoms with E-state index in [4.69, 9.17) is 10.9 Å². The molecule has 31 heavy (non-hydrogen) atoms. The molecule has 156 valence electrons. The zero-order chi connectivity index (χ0) is 22.4. The first-order valence-electron chi connectivity index (χ1n) is 9.51. The van der Waals surface area contributed by atoms with Crippen molar-refractivity contribution in [3.63, 3.8) is 0 Å². The minimum atomic E-state index is -0.914. The summed E-state index contributed by atoms with van der Waals surface area (Å²) < 4.78 is 1.90. The van der Waals surface area contributed by atoms with Crippen molar-refractivity contribution in [2.24, 2.45) is 5.73 Å². The topological polar surface area (TPSA) is 105 Å². The van der Waals surface area contributed by atoms with Crippen LogP contribution in [0.2, 0.25) is 0 Å². The Kier molecular flexibility index (Phi) is 6.42. The van der Waals surface area contributed by atoms with E-state index in [0.29, 0.717) is 5.70 Å². The molecule has 0 aliphatic rings. The van der Waals surface area contributed by atoms with Gasteiger partial charge < -0.3 is 15.5 Å². The molecule has 0 bridgehead atoms. The Labute approximate surface area is 180 Å². The number of hydrogen-bond donors (Lipinski definition) is 4. The van der Waals surface area contributed by atoms with Crippen LogP contribution in [0, 0.1) is 23.7 Å². The van der Waals surface area contributed by atoms with Crippen molar-refractivity contribution in [3.8, 4) is 23.7 Å². The number of imidazole rings is 1. The highest BCUT2D eigenvalue weighted by molar-refractivity contribution is 5.84. The molecule has 0 fully saturated rings. The third-order valence-electron chi connectivity index (χ3n) is 4.53. The number of fused-ring (bicyclic) bond motifs is 1.